The predicted molar refractivity (Wildman–Crippen MR) is 88.9 cm³/mol. The van der Waals surface area contributed by atoms with Crippen molar-refractivity contribution in [1.82, 2.24) is 4.57 Å². The first kappa shape index (κ1) is 16.3. The van der Waals surface area contributed by atoms with E-state index in [1.807, 2.05) is 12.1 Å². The molecule has 0 saturated carbocycles. The summed E-state index contributed by atoms with van der Waals surface area (Å²) in [6, 6.07) is 18.8. The van der Waals surface area contributed by atoms with Gasteiger partial charge in [0.25, 0.3) is 5.82 Å². The maximum atomic E-state index is 6.11. The third-order valence-electron chi connectivity index (χ3n) is 4.31. The zero-order valence-corrected chi connectivity index (χ0v) is 15.1. The molecule has 23 heavy (non-hydrogen) atoms. The largest absolute Gasteiger partial charge is 1.00 e. The molecule has 2 aromatic carbocycles. The van der Waals surface area contributed by atoms with Crippen molar-refractivity contribution in [2.45, 2.75) is 25.9 Å². The summed E-state index contributed by atoms with van der Waals surface area (Å²) in [7, 11) is 0. The molecule has 0 N–H and O–H groups in total. The number of aromatic nitrogens is 2. The minimum absolute atomic E-state index is 0. The first-order valence-corrected chi connectivity index (χ1v) is 8.11. The van der Waals surface area contributed by atoms with Crippen LogP contribution in [0, 0.1) is 0 Å². The molecule has 4 heteroatoms. The van der Waals surface area contributed by atoms with Crippen molar-refractivity contribution in [1.29, 1.82) is 0 Å². The molecule has 0 saturated heterocycles. The van der Waals surface area contributed by atoms with Gasteiger partial charge in [-0.25, -0.2) is 9.13 Å². The second kappa shape index (κ2) is 6.90. The van der Waals surface area contributed by atoms with E-state index in [1.165, 1.54) is 29.1 Å². The van der Waals surface area contributed by atoms with Gasteiger partial charge in [-0.1, -0.05) is 54.1 Å². The number of benzene rings is 2. The van der Waals surface area contributed by atoms with Crippen LogP contribution < -0.4 is 21.5 Å². The molecule has 0 amide bonds. The van der Waals surface area contributed by atoms with Crippen molar-refractivity contribution in [3.8, 4) is 11.3 Å². The van der Waals surface area contributed by atoms with Gasteiger partial charge in [0, 0.05) is 10.6 Å². The van der Waals surface area contributed by atoms with Crippen LogP contribution in [0.4, 0.5) is 0 Å². The summed E-state index contributed by atoms with van der Waals surface area (Å²) in [6.07, 6.45) is 4.66. The SMILES string of the molecule is Clc1cccc(C[n+]2cc(-c3ccccc3)n3c2CCC3)c1.[Br-]. The molecule has 3 aromatic rings. The van der Waals surface area contributed by atoms with E-state index >= 15 is 0 Å². The lowest BCUT2D eigenvalue weighted by atomic mass is 10.1. The Labute approximate surface area is 152 Å². The summed E-state index contributed by atoms with van der Waals surface area (Å²) in [6.45, 7) is 1.99. The van der Waals surface area contributed by atoms with E-state index in [4.69, 9.17) is 11.6 Å². The van der Waals surface area contributed by atoms with Crippen molar-refractivity contribution in [3.05, 3.63) is 77.2 Å². The Morgan fingerprint density at radius 2 is 1.87 bits per heavy atom. The molecule has 0 spiro atoms. The average molecular weight is 390 g/mol. The molecule has 0 radical (unpaired) electrons. The highest BCUT2D eigenvalue weighted by atomic mass is 79.9. The summed E-state index contributed by atoms with van der Waals surface area (Å²) in [5, 5.41) is 0.803. The standard InChI is InChI=1S/C19H18ClN2.BrH/c20-17-9-4-6-15(12-17)13-21-14-18(16-7-2-1-3-8-16)22-11-5-10-19(21)22;/h1-4,6-9,12,14H,5,10-11,13H2;1H/q+1;/p-1. The smallest absolute Gasteiger partial charge is 0.257 e. The molecule has 2 nitrogen and oxygen atoms in total. The summed E-state index contributed by atoms with van der Waals surface area (Å²) in [5.74, 6) is 1.42. The van der Waals surface area contributed by atoms with E-state index in [0.29, 0.717) is 0 Å². The third kappa shape index (κ3) is 3.22. The normalized spacial score (nSPS) is 12.7. The Bertz CT molecular complexity index is 811. The van der Waals surface area contributed by atoms with Gasteiger partial charge in [0.2, 0.25) is 0 Å². The van der Waals surface area contributed by atoms with Crippen molar-refractivity contribution in [3.63, 3.8) is 0 Å². The molecule has 0 fully saturated rings. The fourth-order valence-electron chi connectivity index (χ4n) is 3.32. The fourth-order valence-corrected chi connectivity index (χ4v) is 3.53. The second-order valence-electron chi connectivity index (χ2n) is 5.81. The average Bonchev–Trinajstić information content (AvgIpc) is 3.12. The maximum absolute atomic E-state index is 6.11. The van der Waals surface area contributed by atoms with Gasteiger partial charge in [-0.3, -0.25) is 0 Å². The summed E-state index contributed by atoms with van der Waals surface area (Å²) >= 11 is 6.11. The van der Waals surface area contributed by atoms with Gasteiger partial charge < -0.3 is 17.0 Å². The highest BCUT2D eigenvalue weighted by molar-refractivity contribution is 6.30. The Balaban J connectivity index is 0.00000156. The molecule has 0 atom stereocenters. The van der Waals surface area contributed by atoms with Gasteiger partial charge in [-0.2, -0.15) is 0 Å². The van der Waals surface area contributed by atoms with E-state index in [-0.39, 0.29) is 17.0 Å². The third-order valence-corrected chi connectivity index (χ3v) is 4.54. The van der Waals surface area contributed by atoms with Crippen LogP contribution in [-0.4, -0.2) is 4.57 Å². The van der Waals surface area contributed by atoms with E-state index < -0.39 is 0 Å². The lowest BCUT2D eigenvalue weighted by molar-refractivity contribution is -0.694. The number of rotatable bonds is 3. The van der Waals surface area contributed by atoms with Crippen LogP contribution in [0.2, 0.25) is 5.02 Å². The highest BCUT2D eigenvalue weighted by Crippen LogP contribution is 2.24. The number of imidazole rings is 1. The molecular formula is C19H18BrClN2. The zero-order valence-electron chi connectivity index (χ0n) is 12.8. The monoisotopic (exact) mass is 388 g/mol. The number of hydrogen-bond acceptors (Lipinski definition) is 0. The van der Waals surface area contributed by atoms with Crippen LogP contribution >= 0.6 is 11.6 Å². The molecule has 4 rings (SSSR count). The molecule has 1 aromatic heterocycles. The lowest BCUT2D eigenvalue weighted by Crippen LogP contribution is -3.00. The fraction of sp³-hybridized carbons (Fsp3) is 0.211. The Kier molecular flexibility index (Phi) is 4.88. The first-order chi connectivity index (χ1) is 10.8. The number of halogens is 2. The van der Waals surface area contributed by atoms with Gasteiger partial charge in [-0.15, -0.1) is 0 Å². The van der Waals surface area contributed by atoms with E-state index in [1.54, 1.807) is 0 Å². The van der Waals surface area contributed by atoms with Crippen molar-refractivity contribution < 1.29 is 21.5 Å². The minimum atomic E-state index is 0. The second-order valence-corrected chi connectivity index (χ2v) is 6.25. The van der Waals surface area contributed by atoms with Crippen molar-refractivity contribution >= 4 is 11.6 Å². The van der Waals surface area contributed by atoms with E-state index in [2.05, 4.69) is 57.8 Å². The van der Waals surface area contributed by atoms with Crippen LogP contribution in [0.1, 0.15) is 17.8 Å². The lowest BCUT2D eigenvalue weighted by Gasteiger charge is -2.00. The maximum Gasteiger partial charge on any atom is 0.257 e. The van der Waals surface area contributed by atoms with Crippen LogP contribution in [0.25, 0.3) is 11.3 Å². The van der Waals surface area contributed by atoms with E-state index in [0.717, 1.165) is 24.5 Å². The first-order valence-electron chi connectivity index (χ1n) is 7.73. The van der Waals surface area contributed by atoms with Crippen LogP contribution in [-0.2, 0) is 19.5 Å². The molecule has 0 aliphatic carbocycles. The molecule has 2 heterocycles. The topological polar surface area (TPSA) is 8.81 Å². The molecule has 1 aliphatic rings. The Morgan fingerprint density at radius 1 is 1.04 bits per heavy atom. The molecule has 1 aliphatic heterocycles. The Morgan fingerprint density at radius 3 is 2.65 bits per heavy atom. The molecule has 0 unspecified atom stereocenters. The summed E-state index contributed by atoms with van der Waals surface area (Å²) in [4.78, 5) is 0. The van der Waals surface area contributed by atoms with Gasteiger partial charge in [0.1, 0.15) is 12.7 Å². The van der Waals surface area contributed by atoms with Crippen molar-refractivity contribution in [2.75, 3.05) is 0 Å². The van der Waals surface area contributed by atoms with Gasteiger partial charge in [-0.05, 0) is 24.1 Å². The van der Waals surface area contributed by atoms with Gasteiger partial charge >= 0.3 is 0 Å². The molecular weight excluding hydrogens is 372 g/mol. The van der Waals surface area contributed by atoms with Gasteiger partial charge in [0.15, 0.2) is 5.69 Å². The minimum Gasteiger partial charge on any atom is -1.00 e. The zero-order chi connectivity index (χ0) is 14.9. The number of fused-ring (bicyclic) bond motifs is 1. The van der Waals surface area contributed by atoms with Crippen LogP contribution in [0.5, 0.6) is 0 Å². The summed E-state index contributed by atoms with van der Waals surface area (Å²) < 4.78 is 4.83. The molecule has 118 valence electrons. The van der Waals surface area contributed by atoms with Gasteiger partial charge in [0.05, 0.1) is 13.0 Å². The van der Waals surface area contributed by atoms with Crippen LogP contribution in [0.15, 0.2) is 60.8 Å². The van der Waals surface area contributed by atoms with E-state index in [9.17, 15) is 0 Å². The van der Waals surface area contributed by atoms with Crippen LogP contribution in [0.3, 0.4) is 0 Å². The predicted octanol–water partition coefficient (Wildman–Crippen LogP) is 1.09. The quantitative estimate of drug-likeness (QED) is 0.593. The Hall–Kier alpha value is -1.58. The number of hydrogen-bond donors (Lipinski definition) is 0. The molecule has 0 bridgehead atoms. The summed E-state index contributed by atoms with van der Waals surface area (Å²) in [5.41, 5.74) is 3.85. The highest BCUT2D eigenvalue weighted by Gasteiger charge is 2.28. The number of nitrogens with zero attached hydrogens (tertiary/aromatic N) is 2. The van der Waals surface area contributed by atoms with Crippen molar-refractivity contribution in [2.24, 2.45) is 0 Å².